The quantitative estimate of drug-likeness (QED) is 0.318. The van der Waals surface area contributed by atoms with Gasteiger partial charge < -0.3 is 15.6 Å². The van der Waals surface area contributed by atoms with Crippen LogP contribution < -0.4 is 5.73 Å². The van der Waals surface area contributed by atoms with E-state index in [0.717, 1.165) is 48.1 Å². The number of nitrogens with one attached hydrogen (secondary N) is 1. The first kappa shape index (κ1) is 24.2. The number of nitrogens with two attached hydrogens (primary N) is 1. The highest BCUT2D eigenvalue weighted by Crippen LogP contribution is 2.45. The van der Waals surface area contributed by atoms with Crippen LogP contribution in [0.25, 0.3) is 28.0 Å². The smallest absolute Gasteiger partial charge is 0.272 e. The molecule has 2 bridgehead atoms. The molecule has 10 heteroatoms. The fraction of sp³-hybridized carbons (Fsp3) is 0.267. The molecule has 6 heterocycles. The summed E-state index contributed by atoms with van der Waals surface area (Å²) in [6.07, 6.45) is 9.91. The van der Waals surface area contributed by atoms with Gasteiger partial charge in [-0.25, -0.2) is 9.97 Å². The predicted octanol–water partition coefficient (Wildman–Crippen LogP) is 4.52. The molecule has 4 aromatic heterocycles. The van der Waals surface area contributed by atoms with Crippen molar-refractivity contribution >= 4 is 23.2 Å². The van der Waals surface area contributed by atoms with Crippen molar-refractivity contribution < 1.29 is 9.59 Å². The molecule has 0 unspecified atom stereocenters. The molecule has 200 valence electrons. The number of Topliss-reactive ketones (excluding diaryl/α,β-unsaturated/α-hetero) is 1. The number of hydrogen-bond donors (Lipinski definition) is 2. The first-order valence-electron chi connectivity index (χ1n) is 13.5. The lowest BCUT2D eigenvalue weighted by molar-refractivity contribution is 0.0563. The molecule has 0 spiro atoms. The van der Waals surface area contributed by atoms with Crippen molar-refractivity contribution in [1.29, 1.82) is 0 Å². The lowest BCUT2D eigenvalue weighted by Crippen LogP contribution is -2.46. The van der Waals surface area contributed by atoms with Gasteiger partial charge in [-0.15, -0.1) is 0 Å². The van der Waals surface area contributed by atoms with Crippen LogP contribution in [0.2, 0.25) is 0 Å². The molecule has 3 N–H and O–H groups in total. The Balaban J connectivity index is 1.26. The summed E-state index contributed by atoms with van der Waals surface area (Å²) < 4.78 is 1.55. The summed E-state index contributed by atoms with van der Waals surface area (Å²) in [5.41, 5.74) is 12.4. The molecule has 7 rings (SSSR count). The van der Waals surface area contributed by atoms with Crippen molar-refractivity contribution in [3.63, 3.8) is 0 Å². The number of pyridine rings is 1. The third kappa shape index (κ3) is 3.86. The third-order valence-corrected chi connectivity index (χ3v) is 8.29. The zero-order chi connectivity index (χ0) is 27.4. The number of carbonyl (C=O) groups excluding carboxylic acids is 2. The molecule has 2 atom stereocenters. The van der Waals surface area contributed by atoms with Crippen LogP contribution in [0.5, 0.6) is 0 Å². The number of ketones is 1. The topological polar surface area (TPSA) is 135 Å². The van der Waals surface area contributed by atoms with Crippen molar-refractivity contribution in [1.82, 2.24) is 34.4 Å². The number of hydrogen-bond acceptors (Lipinski definition) is 7. The summed E-state index contributed by atoms with van der Waals surface area (Å²) in [6.45, 7) is 1.52. The minimum absolute atomic E-state index is 0.00384. The van der Waals surface area contributed by atoms with E-state index in [2.05, 4.69) is 20.1 Å². The van der Waals surface area contributed by atoms with Gasteiger partial charge in [-0.05, 0) is 38.7 Å². The van der Waals surface area contributed by atoms with Crippen LogP contribution in [0.3, 0.4) is 0 Å². The summed E-state index contributed by atoms with van der Waals surface area (Å²) in [5, 5.41) is 4.50. The molecule has 5 aromatic rings. The second kappa shape index (κ2) is 9.41. The van der Waals surface area contributed by atoms with Crippen LogP contribution in [0, 0.1) is 0 Å². The number of amides is 1. The van der Waals surface area contributed by atoms with Crippen molar-refractivity contribution in [2.24, 2.45) is 0 Å². The molecule has 0 aliphatic carbocycles. The van der Waals surface area contributed by atoms with Crippen LogP contribution in [0.15, 0.2) is 67.4 Å². The van der Waals surface area contributed by atoms with E-state index in [9.17, 15) is 9.59 Å². The number of imidazole rings is 1. The van der Waals surface area contributed by atoms with Gasteiger partial charge in [0.15, 0.2) is 11.4 Å². The Morgan fingerprint density at radius 1 is 0.975 bits per heavy atom. The van der Waals surface area contributed by atoms with Gasteiger partial charge in [-0.2, -0.15) is 9.61 Å². The standard InChI is InChI=1S/C30H28N8O2/c1-17(39)26-27(20-11-21-8-9-22(12-20)37(21)30(40)25-15-32-16-34-25)36-29-23(14-35-38(29)28(26)31)19-7-10-24(33-13-19)18-5-3-2-4-6-18/h2-7,10,13-16,20-22H,8-9,11-12,31H2,1H3,(H,32,34)/t21-,22-/m1/s1. The van der Waals surface area contributed by atoms with Gasteiger partial charge in [0.1, 0.15) is 11.5 Å². The van der Waals surface area contributed by atoms with E-state index < -0.39 is 0 Å². The third-order valence-electron chi connectivity index (χ3n) is 8.29. The summed E-state index contributed by atoms with van der Waals surface area (Å²) in [6, 6.07) is 14.1. The largest absolute Gasteiger partial charge is 0.383 e. The summed E-state index contributed by atoms with van der Waals surface area (Å²) in [5.74, 6) is 0.116. The molecule has 2 aliphatic rings. The Bertz CT molecular complexity index is 1710. The molecule has 0 saturated carbocycles. The van der Waals surface area contributed by atoms with Crippen molar-refractivity contribution in [2.75, 3.05) is 5.73 Å². The van der Waals surface area contributed by atoms with Crippen molar-refractivity contribution in [3.05, 3.63) is 84.3 Å². The Kier molecular flexibility index (Phi) is 5.69. The van der Waals surface area contributed by atoms with Gasteiger partial charge in [-0.1, -0.05) is 36.4 Å². The highest BCUT2D eigenvalue weighted by Gasteiger charge is 2.45. The molecule has 2 aliphatic heterocycles. The van der Waals surface area contributed by atoms with E-state index in [0.29, 0.717) is 22.6 Å². The molecule has 1 aromatic carbocycles. The summed E-state index contributed by atoms with van der Waals surface area (Å²) in [7, 11) is 0. The van der Waals surface area contributed by atoms with Gasteiger partial charge in [0.05, 0.1) is 35.7 Å². The Labute approximate surface area is 230 Å². The van der Waals surface area contributed by atoms with Crippen molar-refractivity contribution in [2.45, 2.75) is 50.6 Å². The van der Waals surface area contributed by atoms with E-state index >= 15 is 0 Å². The van der Waals surface area contributed by atoms with Gasteiger partial charge in [0, 0.05) is 40.9 Å². The number of fused-ring (bicyclic) bond motifs is 3. The zero-order valence-electron chi connectivity index (χ0n) is 22.0. The molecular weight excluding hydrogens is 504 g/mol. The Morgan fingerprint density at radius 3 is 2.40 bits per heavy atom. The maximum atomic E-state index is 13.2. The highest BCUT2D eigenvalue weighted by atomic mass is 16.2. The van der Waals surface area contributed by atoms with E-state index in [1.807, 2.05) is 53.6 Å². The number of nitrogen functional groups attached to an aromatic ring is 1. The SMILES string of the molecule is CC(=O)c1c(C2C[C@H]3CC[C@H](C2)N3C(=O)c2cnc[nH]2)nc2c(-c3ccc(-c4ccccc4)nc3)cnn2c1N. The minimum Gasteiger partial charge on any atom is -0.383 e. The molecule has 10 nitrogen and oxygen atoms in total. The second-order valence-electron chi connectivity index (χ2n) is 10.6. The number of aromatic amines is 1. The average Bonchev–Trinajstić information content (AvgIpc) is 3.71. The minimum atomic E-state index is -0.142. The number of benzene rings is 1. The van der Waals surface area contributed by atoms with Crippen LogP contribution >= 0.6 is 0 Å². The maximum absolute atomic E-state index is 13.2. The number of aromatic nitrogens is 6. The van der Waals surface area contributed by atoms with Crippen molar-refractivity contribution in [3.8, 4) is 22.4 Å². The molecular formula is C30H28N8O2. The van der Waals surface area contributed by atoms with E-state index in [1.165, 1.54) is 13.3 Å². The Hall–Kier alpha value is -4.86. The average molecular weight is 533 g/mol. The monoisotopic (exact) mass is 532 g/mol. The summed E-state index contributed by atoms with van der Waals surface area (Å²) in [4.78, 5) is 44.8. The number of carbonyl (C=O) groups is 2. The van der Waals surface area contributed by atoms with Gasteiger partial charge in [-0.3, -0.25) is 14.6 Å². The van der Waals surface area contributed by atoms with Crippen LogP contribution in [0.4, 0.5) is 5.82 Å². The lowest BCUT2D eigenvalue weighted by Gasteiger charge is -2.39. The van der Waals surface area contributed by atoms with E-state index in [4.69, 9.17) is 10.7 Å². The predicted molar refractivity (Wildman–Crippen MR) is 150 cm³/mol. The highest BCUT2D eigenvalue weighted by molar-refractivity contribution is 6.00. The van der Waals surface area contributed by atoms with Crippen LogP contribution in [-0.4, -0.2) is 58.2 Å². The fourth-order valence-electron chi connectivity index (χ4n) is 6.47. The molecule has 2 fully saturated rings. The van der Waals surface area contributed by atoms with Gasteiger partial charge >= 0.3 is 0 Å². The molecule has 0 radical (unpaired) electrons. The summed E-state index contributed by atoms with van der Waals surface area (Å²) >= 11 is 0. The molecule has 1 amide bonds. The van der Waals surface area contributed by atoms with E-state index in [1.54, 1.807) is 16.9 Å². The molecule has 2 saturated heterocycles. The second-order valence-corrected chi connectivity index (χ2v) is 10.6. The van der Waals surface area contributed by atoms with E-state index in [-0.39, 0.29) is 35.5 Å². The number of rotatable bonds is 5. The Morgan fingerprint density at radius 2 is 1.75 bits per heavy atom. The fourth-order valence-corrected chi connectivity index (χ4v) is 6.47. The number of piperidine rings is 1. The zero-order valence-corrected chi connectivity index (χ0v) is 22.0. The number of H-pyrrole nitrogens is 1. The van der Waals surface area contributed by atoms with Crippen LogP contribution in [0.1, 0.15) is 65.1 Å². The normalized spacial score (nSPS) is 20.2. The maximum Gasteiger partial charge on any atom is 0.272 e. The van der Waals surface area contributed by atoms with Crippen LogP contribution in [-0.2, 0) is 0 Å². The number of nitrogens with zero attached hydrogens (tertiary/aromatic N) is 6. The first-order chi connectivity index (χ1) is 19.5. The lowest BCUT2D eigenvalue weighted by atomic mass is 9.85. The molecule has 40 heavy (non-hydrogen) atoms. The van der Waals surface area contributed by atoms with Gasteiger partial charge in [0.25, 0.3) is 5.91 Å². The van der Waals surface area contributed by atoms with Gasteiger partial charge in [0.2, 0.25) is 0 Å². The first-order valence-corrected chi connectivity index (χ1v) is 13.5. The number of anilines is 1.